The molecule has 1 rings (SSSR count). The normalized spacial score (nSPS) is 25.7. The zero-order valence-corrected chi connectivity index (χ0v) is 8.86. The number of ether oxygens (including phenoxy) is 1. The van der Waals surface area contributed by atoms with Crippen molar-refractivity contribution >= 4 is 12.1 Å². The fourth-order valence-corrected chi connectivity index (χ4v) is 2.08. The van der Waals surface area contributed by atoms with Crippen LogP contribution in [0.3, 0.4) is 0 Å². The van der Waals surface area contributed by atoms with Crippen LogP contribution < -0.4 is 5.32 Å². The second-order valence-corrected chi connectivity index (χ2v) is 3.96. The molecular formula is C10H17NO4. The molecule has 1 aliphatic carbocycles. The summed E-state index contributed by atoms with van der Waals surface area (Å²) in [7, 11) is 1.33. The average molecular weight is 215 g/mol. The summed E-state index contributed by atoms with van der Waals surface area (Å²) < 4.78 is 4.50. The SMILES string of the molecule is COC(=O)NC1CCCC(CC(=O)O)C1. The molecule has 2 unspecified atom stereocenters. The largest absolute Gasteiger partial charge is 0.481 e. The van der Waals surface area contributed by atoms with Crippen molar-refractivity contribution in [2.45, 2.75) is 38.1 Å². The molecule has 1 aliphatic rings. The standard InChI is InChI=1S/C10H17NO4/c1-15-10(14)11-8-4-2-3-7(5-8)6-9(12)13/h7-8H,2-6H2,1H3,(H,11,14)(H,12,13). The number of hydrogen-bond acceptors (Lipinski definition) is 3. The van der Waals surface area contributed by atoms with E-state index in [1.807, 2.05) is 0 Å². The summed E-state index contributed by atoms with van der Waals surface area (Å²) in [6, 6.07) is 0.0653. The Bertz CT molecular complexity index is 242. The highest BCUT2D eigenvalue weighted by atomic mass is 16.5. The van der Waals surface area contributed by atoms with E-state index in [9.17, 15) is 9.59 Å². The van der Waals surface area contributed by atoms with Gasteiger partial charge in [0.2, 0.25) is 0 Å². The van der Waals surface area contributed by atoms with Crippen LogP contribution in [-0.2, 0) is 9.53 Å². The van der Waals surface area contributed by atoms with E-state index in [1.54, 1.807) is 0 Å². The van der Waals surface area contributed by atoms with Gasteiger partial charge in [0, 0.05) is 12.5 Å². The lowest BCUT2D eigenvalue weighted by Crippen LogP contribution is -2.38. The minimum atomic E-state index is -0.765. The minimum absolute atomic E-state index is 0.0653. The van der Waals surface area contributed by atoms with Gasteiger partial charge >= 0.3 is 12.1 Å². The third kappa shape index (κ3) is 4.18. The predicted molar refractivity (Wildman–Crippen MR) is 53.5 cm³/mol. The molecule has 0 radical (unpaired) electrons. The Labute approximate surface area is 88.8 Å². The van der Waals surface area contributed by atoms with E-state index in [4.69, 9.17) is 5.11 Å². The van der Waals surface area contributed by atoms with Gasteiger partial charge < -0.3 is 15.2 Å². The van der Waals surface area contributed by atoms with Crippen LogP contribution in [0.1, 0.15) is 32.1 Å². The Balaban J connectivity index is 2.35. The molecule has 5 heteroatoms. The van der Waals surface area contributed by atoms with E-state index >= 15 is 0 Å². The summed E-state index contributed by atoms with van der Waals surface area (Å²) in [6.45, 7) is 0. The molecule has 1 amide bonds. The third-order valence-corrected chi connectivity index (χ3v) is 2.75. The van der Waals surface area contributed by atoms with Gasteiger partial charge in [0.1, 0.15) is 0 Å². The molecule has 0 aromatic heterocycles. The number of carbonyl (C=O) groups is 2. The summed E-state index contributed by atoms with van der Waals surface area (Å²) >= 11 is 0. The van der Waals surface area contributed by atoms with Gasteiger partial charge in [-0.2, -0.15) is 0 Å². The predicted octanol–water partition coefficient (Wildman–Crippen LogP) is 1.38. The molecule has 2 atom stereocenters. The number of nitrogens with one attached hydrogen (secondary N) is 1. The topological polar surface area (TPSA) is 75.6 Å². The Hall–Kier alpha value is -1.26. The van der Waals surface area contributed by atoms with E-state index in [0.29, 0.717) is 0 Å². The Kier molecular flexibility index (Phi) is 4.39. The van der Waals surface area contributed by atoms with Crippen LogP contribution in [0.2, 0.25) is 0 Å². The first-order valence-electron chi connectivity index (χ1n) is 5.18. The molecule has 0 spiro atoms. The van der Waals surface area contributed by atoms with Crippen molar-refractivity contribution in [3.8, 4) is 0 Å². The van der Waals surface area contributed by atoms with Gasteiger partial charge in [0.15, 0.2) is 0 Å². The molecule has 2 N–H and O–H groups in total. The quantitative estimate of drug-likeness (QED) is 0.745. The number of aliphatic carboxylic acids is 1. The lowest BCUT2D eigenvalue weighted by atomic mass is 9.84. The smallest absolute Gasteiger partial charge is 0.407 e. The van der Waals surface area contributed by atoms with Crippen LogP contribution in [0, 0.1) is 5.92 Å². The van der Waals surface area contributed by atoms with Gasteiger partial charge in [-0.3, -0.25) is 4.79 Å². The average Bonchev–Trinajstić information content (AvgIpc) is 2.17. The highest BCUT2D eigenvalue weighted by Gasteiger charge is 2.24. The molecule has 86 valence electrons. The van der Waals surface area contributed by atoms with E-state index in [1.165, 1.54) is 7.11 Å². The molecular weight excluding hydrogens is 198 g/mol. The van der Waals surface area contributed by atoms with Crippen molar-refractivity contribution in [1.82, 2.24) is 5.32 Å². The molecule has 0 aromatic rings. The fourth-order valence-electron chi connectivity index (χ4n) is 2.08. The number of hydrogen-bond donors (Lipinski definition) is 2. The van der Waals surface area contributed by atoms with Crippen molar-refractivity contribution in [2.75, 3.05) is 7.11 Å². The van der Waals surface area contributed by atoms with Crippen LogP contribution in [0.15, 0.2) is 0 Å². The van der Waals surface area contributed by atoms with Gasteiger partial charge in [-0.1, -0.05) is 6.42 Å². The number of carboxylic acids is 1. The number of carboxylic acid groups (broad SMARTS) is 1. The van der Waals surface area contributed by atoms with Gasteiger partial charge in [-0.25, -0.2) is 4.79 Å². The van der Waals surface area contributed by atoms with Crippen LogP contribution in [0.4, 0.5) is 4.79 Å². The Morgan fingerprint density at radius 2 is 2.20 bits per heavy atom. The molecule has 1 saturated carbocycles. The van der Waals surface area contributed by atoms with Crippen molar-refractivity contribution in [1.29, 1.82) is 0 Å². The van der Waals surface area contributed by atoms with Gasteiger partial charge in [0.25, 0.3) is 0 Å². The molecule has 0 aliphatic heterocycles. The molecule has 5 nitrogen and oxygen atoms in total. The van der Waals surface area contributed by atoms with Crippen LogP contribution >= 0.6 is 0 Å². The summed E-state index contributed by atoms with van der Waals surface area (Å²) in [5, 5.41) is 11.4. The highest BCUT2D eigenvalue weighted by Crippen LogP contribution is 2.26. The number of methoxy groups -OCH3 is 1. The maximum atomic E-state index is 11.0. The van der Waals surface area contributed by atoms with Gasteiger partial charge in [0.05, 0.1) is 7.11 Å². The van der Waals surface area contributed by atoms with Crippen molar-refractivity contribution in [3.05, 3.63) is 0 Å². The monoisotopic (exact) mass is 215 g/mol. The summed E-state index contributed by atoms with van der Waals surface area (Å²) in [4.78, 5) is 21.5. The molecule has 1 fully saturated rings. The second kappa shape index (κ2) is 5.58. The van der Waals surface area contributed by atoms with Crippen molar-refractivity contribution in [3.63, 3.8) is 0 Å². The van der Waals surface area contributed by atoms with Crippen LogP contribution in [0.5, 0.6) is 0 Å². The van der Waals surface area contributed by atoms with E-state index in [2.05, 4.69) is 10.1 Å². The van der Waals surface area contributed by atoms with Crippen molar-refractivity contribution in [2.24, 2.45) is 5.92 Å². The molecule has 0 bridgehead atoms. The first kappa shape index (κ1) is 11.8. The highest BCUT2D eigenvalue weighted by molar-refractivity contribution is 5.68. The number of alkyl carbamates (subject to hydrolysis) is 1. The Morgan fingerprint density at radius 1 is 1.47 bits per heavy atom. The van der Waals surface area contributed by atoms with E-state index < -0.39 is 12.1 Å². The first-order chi connectivity index (χ1) is 7.11. The lowest BCUT2D eigenvalue weighted by molar-refractivity contribution is -0.138. The minimum Gasteiger partial charge on any atom is -0.481 e. The summed E-state index contributed by atoms with van der Waals surface area (Å²) in [5.41, 5.74) is 0. The Morgan fingerprint density at radius 3 is 2.80 bits per heavy atom. The fraction of sp³-hybridized carbons (Fsp3) is 0.800. The zero-order valence-electron chi connectivity index (χ0n) is 8.86. The second-order valence-electron chi connectivity index (χ2n) is 3.96. The number of carbonyl (C=O) groups excluding carboxylic acids is 1. The first-order valence-corrected chi connectivity index (χ1v) is 5.18. The van der Waals surface area contributed by atoms with Crippen LogP contribution in [-0.4, -0.2) is 30.3 Å². The molecule has 0 aromatic carbocycles. The molecule has 0 heterocycles. The zero-order chi connectivity index (χ0) is 11.3. The maximum Gasteiger partial charge on any atom is 0.407 e. The molecule has 15 heavy (non-hydrogen) atoms. The van der Waals surface area contributed by atoms with E-state index in [-0.39, 0.29) is 18.4 Å². The van der Waals surface area contributed by atoms with Gasteiger partial charge in [-0.05, 0) is 25.2 Å². The number of rotatable bonds is 3. The van der Waals surface area contributed by atoms with Crippen LogP contribution in [0.25, 0.3) is 0 Å². The lowest BCUT2D eigenvalue weighted by Gasteiger charge is -2.28. The van der Waals surface area contributed by atoms with Gasteiger partial charge in [-0.15, -0.1) is 0 Å². The maximum absolute atomic E-state index is 11.0. The van der Waals surface area contributed by atoms with Crippen molar-refractivity contribution < 1.29 is 19.4 Å². The number of amides is 1. The third-order valence-electron chi connectivity index (χ3n) is 2.75. The summed E-state index contributed by atoms with van der Waals surface area (Å²) in [6.07, 6.45) is 3.31. The molecule has 0 saturated heterocycles. The van der Waals surface area contributed by atoms with E-state index in [0.717, 1.165) is 25.7 Å². The summed E-state index contributed by atoms with van der Waals surface area (Å²) in [5.74, 6) is -0.586.